The normalized spacial score (nSPS) is 25.2. The standard InChI is InChI=1S/C20H29N3O3/c21-11-16-6-2-8-18(16)20(25)22-12-14-4-1-5-15(10-14)19(24)23-13-17-7-3-9-26-17/h1,4-5,10,16-18H,2-3,6-9,11-13,21H2,(H,22,25)(H,23,24)/t16-,17?,18-/m1/s1. The van der Waals surface area contributed by atoms with E-state index in [9.17, 15) is 9.59 Å². The van der Waals surface area contributed by atoms with Gasteiger partial charge in [-0.3, -0.25) is 9.59 Å². The molecule has 1 aliphatic carbocycles. The molecule has 0 spiro atoms. The Balaban J connectivity index is 1.50. The van der Waals surface area contributed by atoms with Crippen LogP contribution >= 0.6 is 0 Å². The van der Waals surface area contributed by atoms with Crippen molar-refractivity contribution in [1.82, 2.24) is 10.6 Å². The van der Waals surface area contributed by atoms with Gasteiger partial charge in [-0.25, -0.2) is 0 Å². The van der Waals surface area contributed by atoms with Crippen LogP contribution in [-0.2, 0) is 16.1 Å². The molecule has 4 N–H and O–H groups in total. The number of hydrogen-bond donors (Lipinski definition) is 3. The lowest BCUT2D eigenvalue weighted by Gasteiger charge is -2.17. The molecule has 1 heterocycles. The summed E-state index contributed by atoms with van der Waals surface area (Å²) in [6.45, 7) is 2.32. The molecule has 6 heteroatoms. The van der Waals surface area contributed by atoms with Crippen LogP contribution in [0.5, 0.6) is 0 Å². The summed E-state index contributed by atoms with van der Waals surface area (Å²) in [6.07, 6.45) is 5.21. The largest absolute Gasteiger partial charge is 0.376 e. The maximum Gasteiger partial charge on any atom is 0.251 e. The lowest BCUT2D eigenvalue weighted by atomic mass is 9.95. The molecular weight excluding hydrogens is 330 g/mol. The van der Waals surface area contributed by atoms with Crippen LogP contribution in [0.1, 0.15) is 48.0 Å². The Hall–Kier alpha value is -1.92. The third-order valence-electron chi connectivity index (χ3n) is 5.47. The second kappa shape index (κ2) is 9.14. The number of ether oxygens (including phenoxy) is 1. The van der Waals surface area contributed by atoms with Gasteiger partial charge in [0.15, 0.2) is 0 Å². The van der Waals surface area contributed by atoms with Gasteiger partial charge in [-0.2, -0.15) is 0 Å². The van der Waals surface area contributed by atoms with Crippen molar-refractivity contribution >= 4 is 11.8 Å². The number of nitrogens with one attached hydrogen (secondary N) is 2. The minimum Gasteiger partial charge on any atom is -0.376 e. The maximum atomic E-state index is 12.4. The van der Waals surface area contributed by atoms with Gasteiger partial charge in [-0.1, -0.05) is 18.6 Å². The molecule has 2 fully saturated rings. The Morgan fingerprint density at radius 1 is 1.15 bits per heavy atom. The first kappa shape index (κ1) is 18.9. The molecule has 1 saturated heterocycles. The second-order valence-electron chi connectivity index (χ2n) is 7.30. The molecule has 1 saturated carbocycles. The van der Waals surface area contributed by atoms with Gasteiger partial charge in [0.05, 0.1) is 6.10 Å². The molecule has 26 heavy (non-hydrogen) atoms. The highest BCUT2D eigenvalue weighted by molar-refractivity contribution is 5.94. The number of nitrogens with two attached hydrogens (primary N) is 1. The zero-order chi connectivity index (χ0) is 18.4. The van der Waals surface area contributed by atoms with Crippen molar-refractivity contribution in [2.45, 2.75) is 44.8 Å². The van der Waals surface area contributed by atoms with Crippen LogP contribution in [-0.4, -0.2) is 37.6 Å². The van der Waals surface area contributed by atoms with Gasteiger partial charge in [-0.05, 0) is 55.8 Å². The maximum absolute atomic E-state index is 12.4. The number of benzene rings is 1. The smallest absolute Gasteiger partial charge is 0.251 e. The molecule has 3 atom stereocenters. The first-order valence-corrected chi connectivity index (χ1v) is 9.64. The van der Waals surface area contributed by atoms with Crippen LogP contribution in [0.4, 0.5) is 0 Å². The first-order valence-electron chi connectivity index (χ1n) is 9.64. The number of rotatable bonds is 7. The van der Waals surface area contributed by atoms with Crippen LogP contribution in [0.25, 0.3) is 0 Å². The van der Waals surface area contributed by atoms with E-state index >= 15 is 0 Å². The van der Waals surface area contributed by atoms with E-state index in [0.29, 0.717) is 31.1 Å². The molecule has 2 aliphatic rings. The average molecular weight is 359 g/mol. The topological polar surface area (TPSA) is 93.5 Å². The third-order valence-corrected chi connectivity index (χ3v) is 5.47. The Bertz CT molecular complexity index is 628. The van der Waals surface area contributed by atoms with E-state index in [-0.39, 0.29) is 23.8 Å². The predicted octanol–water partition coefficient (Wildman–Crippen LogP) is 1.59. The third kappa shape index (κ3) is 4.83. The van der Waals surface area contributed by atoms with Crippen molar-refractivity contribution in [3.8, 4) is 0 Å². The summed E-state index contributed by atoms with van der Waals surface area (Å²) in [5, 5.41) is 5.93. The van der Waals surface area contributed by atoms with Crippen LogP contribution in [0.3, 0.4) is 0 Å². The van der Waals surface area contributed by atoms with Gasteiger partial charge < -0.3 is 21.1 Å². The van der Waals surface area contributed by atoms with E-state index in [1.54, 1.807) is 6.07 Å². The summed E-state index contributed by atoms with van der Waals surface area (Å²) in [7, 11) is 0. The Morgan fingerprint density at radius 3 is 2.81 bits per heavy atom. The van der Waals surface area contributed by atoms with Gasteiger partial charge in [-0.15, -0.1) is 0 Å². The van der Waals surface area contributed by atoms with Gasteiger partial charge in [0.2, 0.25) is 5.91 Å². The highest BCUT2D eigenvalue weighted by atomic mass is 16.5. The molecular formula is C20H29N3O3. The molecule has 0 aromatic heterocycles. The van der Waals surface area contributed by atoms with Gasteiger partial charge in [0.25, 0.3) is 5.91 Å². The molecule has 3 rings (SSSR count). The highest BCUT2D eigenvalue weighted by Crippen LogP contribution is 2.31. The number of carbonyl (C=O) groups excluding carboxylic acids is 2. The zero-order valence-electron chi connectivity index (χ0n) is 15.2. The summed E-state index contributed by atoms with van der Waals surface area (Å²) in [4.78, 5) is 24.7. The minimum absolute atomic E-state index is 0.0258. The fourth-order valence-corrected chi connectivity index (χ4v) is 3.92. The van der Waals surface area contributed by atoms with Gasteiger partial charge in [0, 0.05) is 31.2 Å². The molecule has 0 bridgehead atoms. The van der Waals surface area contributed by atoms with E-state index in [0.717, 1.165) is 44.3 Å². The van der Waals surface area contributed by atoms with Crippen molar-refractivity contribution in [3.63, 3.8) is 0 Å². The van der Waals surface area contributed by atoms with Crippen LogP contribution in [0, 0.1) is 11.8 Å². The van der Waals surface area contributed by atoms with E-state index in [1.807, 2.05) is 18.2 Å². The van der Waals surface area contributed by atoms with Crippen molar-refractivity contribution < 1.29 is 14.3 Å². The van der Waals surface area contributed by atoms with E-state index in [1.165, 1.54) is 0 Å². The quantitative estimate of drug-likeness (QED) is 0.689. The summed E-state index contributed by atoms with van der Waals surface area (Å²) in [6, 6.07) is 7.39. The van der Waals surface area contributed by atoms with E-state index < -0.39 is 0 Å². The first-order chi connectivity index (χ1) is 12.7. The Labute approximate surface area is 154 Å². The van der Waals surface area contributed by atoms with Crippen LogP contribution in [0.15, 0.2) is 24.3 Å². The van der Waals surface area contributed by atoms with Crippen molar-refractivity contribution in [3.05, 3.63) is 35.4 Å². The lowest BCUT2D eigenvalue weighted by molar-refractivity contribution is -0.126. The summed E-state index contributed by atoms with van der Waals surface area (Å²) >= 11 is 0. The van der Waals surface area contributed by atoms with Crippen molar-refractivity contribution in [2.75, 3.05) is 19.7 Å². The Kier molecular flexibility index (Phi) is 6.63. The van der Waals surface area contributed by atoms with E-state index in [4.69, 9.17) is 10.5 Å². The number of amides is 2. The fraction of sp³-hybridized carbons (Fsp3) is 0.600. The summed E-state index contributed by atoms with van der Waals surface area (Å²) in [5.74, 6) is 0.293. The van der Waals surface area contributed by atoms with E-state index in [2.05, 4.69) is 10.6 Å². The number of carbonyl (C=O) groups is 2. The molecule has 1 aliphatic heterocycles. The zero-order valence-corrected chi connectivity index (χ0v) is 15.2. The Morgan fingerprint density at radius 2 is 2.04 bits per heavy atom. The molecule has 142 valence electrons. The van der Waals surface area contributed by atoms with Crippen molar-refractivity contribution in [1.29, 1.82) is 0 Å². The molecule has 2 amide bonds. The van der Waals surface area contributed by atoms with Crippen molar-refractivity contribution in [2.24, 2.45) is 17.6 Å². The molecule has 0 radical (unpaired) electrons. The minimum atomic E-state index is -0.104. The SMILES string of the molecule is NC[C@H]1CCC[C@H]1C(=O)NCc1cccc(C(=O)NCC2CCCO2)c1. The molecule has 1 unspecified atom stereocenters. The average Bonchev–Trinajstić information content (AvgIpc) is 3.35. The monoisotopic (exact) mass is 359 g/mol. The lowest BCUT2D eigenvalue weighted by Crippen LogP contribution is -2.34. The summed E-state index contributed by atoms with van der Waals surface area (Å²) in [5.41, 5.74) is 7.29. The van der Waals surface area contributed by atoms with Gasteiger partial charge in [0.1, 0.15) is 0 Å². The summed E-state index contributed by atoms with van der Waals surface area (Å²) < 4.78 is 5.52. The molecule has 6 nitrogen and oxygen atoms in total. The number of hydrogen-bond acceptors (Lipinski definition) is 4. The van der Waals surface area contributed by atoms with Crippen LogP contribution in [0.2, 0.25) is 0 Å². The predicted molar refractivity (Wildman–Crippen MR) is 99.5 cm³/mol. The van der Waals surface area contributed by atoms with Gasteiger partial charge >= 0.3 is 0 Å². The second-order valence-corrected chi connectivity index (χ2v) is 7.30. The fourth-order valence-electron chi connectivity index (χ4n) is 3.92. The molecule has 1 aromatic rings. The molecule has 1 aromatic carbocycles. The van der Waals surface area contributed by atoms with Crippen LogP contribution < -0.4 is 16.4 Å². The highest BCUT2D eigenvalue weighted by Gasteiger charge is 2.31.